The summed E-state index contributed by atoms with van der Waals surface area (Å²) in [5.41, 5.74) is 1.26. The molecule has 18 heavy (non-hydrogen) atoms. The van der Waals surface area contributed by atoms with Crippen molar-refractivity contribution in [3.63, 3.8) is 0 Å². The summed E-state index contributed by atoms with van der Waals surface area (Å²) in [7, 11) is 0. The van der Waals surface area contributed by atoms with Crippen LogP contribution < -0.4 is 5.14 Å². The summed E-state index contributed by atoms with van der Waals surface area (Å²) in [6.07, 6.45) is 6.09. The van der Waals surface area contributed by atoms with Gasteiger partial charge in [0, 0.05) is 0 Å². The van der Waals surface area contributed by atoms with E-state index in [-0.39, 0.29) is 16.8 Å². The standard InChI is InChI=1S/C13H17NOS.C2H6/c1-3-4-5-11(2)10-16(14)13-8-6-12(15)7-9-13;1-2/h3-9H,10,14H2,1-2H3;1-2H3/p+1/b4-3-,11-5+;. The third-order valence-electron chi connectivity index (χ3n) is 2.10. The van der Waals surface area contributed by atoms with Crippen molar-refractivity contribution in [2.75, 3.05) is 5.75 Å². The molecule has 0 spiro atoms. The quantitative estimate of drug-likeness (QED) is 0.643. The normalized spacial score (nSPS) is 13.1. The van der Waals surface area contributed by atoms with Gasteiger partial charge in [-0.3, -0.25) is 0 Å². The van der Waals surface area contributed by atoms with Gasteiger partial charge in [0.2, 0.25) is 0 Å². The van der Waals surface area contributed by atoms with E-state index in [1.54, 1.807) is 12.1 Å². The Morgan fingerprint density at radius 1 is 1.28 bits per heavy atom. The number of aromatic hydroxyl groups is 1. The smallest absolute Gasteiger partial charge is 0.176 e. The molecule has 1 aromatic rings. The van der Waals surface area contributed by atoms with Gasteiger partial charge in [0.25, 0.3) is 0 Å². The summed E-state index contributed by atoms with van der Waals surface area (Å²) >= 11 is -0.289. The van der Waals surface area contributed by atoms with Crippen molar-refractivity contribution in [2.45, 2.75) is 32.6 Å². The van der Waals surface area contributed by atoms with Gasteiger partial charge in [0.05, 0.1) is 0 Å². The van der Waals surface area contributed by atoms with E-state index < -0.39 is 0 Å². The van der Waals surface area contributed by atoms with E-state index >= 15 is 0 Å². The number of benzene rings is 1. The van der Waals surface area contributed by atoms with Crippen LogP contribution in [0.5, 0.6) is 5.75 Å². The highest BCUT2D eigenvalue weighted by atomic mass is 32.2. The Bertz CT molecular complexity index is 382. The van der Waals surface area contributed by atoms with E-state index in [2.05, 4.69) is 13.0 Å². The van der Waals surface area contributed by atoms with Crippen molar-refractivity contribution in [3.8, 4) is 5.75 Å². The largest absolute Gasteiger partial charge is 0.508 e. The van der Waals surface area contributed by atoms with Gasteiger partial charge in [-0.25, -0.2) is 0 Å². The van der Waals surface area contributed by atoms with Crippen molar-refractivity contribution < 1.29 is 5.11 Å². The van der Waals surface area contributed by atoms with Crippen LogP contribution in [-0.2, 0) is 11.1 Å². The molecule has 0 aromatic heterocycles. The lowest BCUT2D eigenvalue weighted by Gasteiger charge is -2.01. The molecule has 3 N–H and O–H groups in total. The molecule has 2 nitrogen and oxygen atoms in total. The Morgan fingerprint density at radius 3 is 2.33 bits per heavy atom. The maximum Gasteiger partial charge on any atom is 0.176 e. The van der Waals surface area contributed by atoms with Crippen LogP contribution in [0.1, 0.15) is 27.7 Å². The molecule has 1 atom stereocenters. The topological polar surface area (TPSA) is 46.2 Å². The molecule has 0 aliphatic carbocycles. The second-order valence-corrected chi connectivity index (χ2v) is 5.22. The summed E-state index contributed by atoms with van der Waals surface area (Å²) in [6.45, 7) is 8.07. The Hall–Kier alpha value is -1.19. The fourth-order valence-corrected chi connectivity index (χ4v) is 2.50. The van der Waals surface area contributed by atoms with Crippen LogP contribution in [0, 0.1) is 0 Å². The summed E-state index contributed by atoms with van der Waals surface area (Å²) in [4.78, 5) is 1.08. The first-order chi connectivity index (χ1) is 8.63. The van der Waals surface area contributed by atoms with Crippen molar-refractivity contribution >= 4 is 11.1 Å². The molecular formula is C15H24NOS+. The molecule has 0 radical (unpaired) electrons. The lowest BCUT2D eigenvalue weighted by molar-refractivity contribution is 0.475. The van der Waals surface area contributed by atoms with Gasteiger partial charge in [-0.1, -0.05) is 32.1 Å². The molecule has 0 amide bonds. The van der Waals surface area contributed by atoms with E-state index in [0.29, 0.717) is 0 Å². The zero-order chi connectivity index (χ0) is 14.0. The molecule has 0 aliphatic heterocycles. The molecule has 0 saturated heterocycles. The van der Waals surface area contributed by atoms with E-state index in [1.807, 2.05) is 45.1 Å². The molecule has 100 valence electrons. The van der Waals surface area contributed by atoms with Crippen LogP contribution in [-0.4, -0.2) is 10.9 Å². The van der Waals surface area contributed by atoms with E-state index in [1.165, 1.54) is 5.57 Å². The predicted molar refractivity (Wildman–Crippen MR) is 82.7 cm³/mol. The molecule has 0 saturated carbocycles. The molecular weight excluding hydrogens is 242 g/mol. The molecule has 0 fully saturated rings. The Balaban J connectivity index is 0.00000137. The SMILES string of the molecule is C/C=C\C=C(/C)C[S+](N)c1ccc(O)cc1.CC. The van der Waals surface area contributed by atoms with E-state index in [9.17, 15) is 5.11 Å². The third-order valence-corrected chi connectivity index (χ3v) is 3.74. The minimum absolute atomic E-state index is 0.280. The molecule has 0 bridgehead atoms. The Morgan fingerprint density at radius 2 is 1.83 bits per heavy atom. The zero-order valence-corrected chi connectivity index (χ0v) is 12.5. The van der Waals surface area contributed by atoms with Crippen LogP contribution in [0.3, 0.4) is 0 Å². The van der Waals surface area contributed by atoms with Gasteiger partial charge >= 0.3 is 0 Å². The molecule has 0 aliphatic rings. The number of allylic oxidation sites excluding steroid dienone is 3. The molecule has 0 heterocycles. The van der Waals surface area contributed by atoms with Crippen LogP contribution in [0.15, 0.2) is 53.0 Å². The van der Waals surface area contributed by atoms with Gasteiger partial charge in [-0.15, -0.1) is 5.14 Å². The summed E-state index contributed by atoms with van der Waals surface area (Å²) in [6, 6.07) is 7.10. The lowest BCUT2D eigenvalue weighted by Crippen LogP contribution is -2.18. The first kappa shape index (κ1) is 16.8. The first-order valence-electron chi connectivity index (χ1n) is 6.16. The Labute approximate surface area is 114 Å². The summed E-state index contributed by atoms with van der Waals surface area (Å²) in [5, 5.41) is 15.3. The highest BCUT2D eigenvalue weighted by Gasteiger charge is 2.16. The highest BCUT2D eigenvalue weighted by molar-refractivity contribution is 7.94. The lowest BCUT2D eigenvalue weighted by atomic mass is 10.3. The fraction of sp³-hybridized carbons (Fsp3) is 0.333. The minimum atomic E-state index is -0.289. The maximum absolute atomic E-state index is 9.18. The maximum atomic E-state index is 9.18. The summed E-state index contributed by atoms with van der Waals surface area (Å²) in [5.74, 6) is 1.14. The van der Waals surface area contributed by atoms with Crippen LogP contribution >= 0.6 is 0 Å². The number of hydrogen-bond acceptors (Lipinski definition) is 2. The second kappa shape index (κ2) is 9.80. The first-order valence-corrected chi connectivity index (χ1v) is 7.62. The van der Waals surface area contributed by atoms with Crippen molar-refractivity contribution in [2.24, 2.45) is 5.14 Å². The second-order valence-electron chi connectivity index (χ2n) is 3.61. The predicted octanol–water partition coefficient (Wildman–Crippen LogP) is 3.79. The van der Waals surface area contributed by atoms with E-state index in [4.69, 9.17) is 5.14 Å². The number of nitrogens with two attached hydrogens (primary N) is 1. The Kier molecular flexibility index (Phi) is 9.15. The third kappa shape index (κ3) is 6.52. The summed E-state index contributed by atoms with van der Waals surface area (Å²) < 4.78 is 0. The van der Waals surface area contributed by atoms with Crippen LogP contribution in [0.25, 0.3) is 0 Å². The minimum Gasteiger partial charge on any atom is -0.508 e. The number of hydrogen-bond donors (Lipinski definition) is 2. The molecule has 1 aromatic carbocycles. The van der Waals surface area contributed by atoms with Gasteiger partial charge in [0.15, 0.2) is 10.6 Å². The average molecular weight is 266 g/mol. The molecule has 1 rings (SSSR count). The number of phenols is 1. The molecule has 3 heteroatoms. The van der Waals surface area contributed by atoms with Gasteiger partial charge in [0.1, 0.15) is 16.8 Å². The van der Waals surface area contributed by atoms with Crippen molar-refractivity contribution in [3.05, 3.63) is 48.1 Å². The van der Waals surface area contributed by atoms with Crippen LogP contribution in [0.2, 0.25) is 0 Å². The van der Waals surface area contributed by atoms with Gasteiger partial charge < -0.3 is 5.11 Å². The van der Waals surface area contributed by atoms with Crippen molar-refractivity contribution in [1.29, 1.82) is 0 Å². The van der Waals surface area contributed by atoms with Gasteiger partial charge in [-0.2, -0.15) is 0 Å². The zero-order valence-electron chi connectivity index (χ0n) is 11.7. The van der Waals surface area contributed by atoms with E-state index in [0.717, 1.165) is 10.6 Å². The average Bonchev–Trinajstić information content (AvgIpc) is 2.39. The van der Waals surface area contributed by atoms with Crippen LogP contribution in [0.4, 0.5) is 0 Å². The number of phenolic OH excluding ortho intramolecular Hbond substituents is 1. The van der Waals surface area contributed by atoms with Gasteiger partial charge in [-0.05, 0) is 43.7 Å². The fourth-order valence-electron chi connectivity index (χ4n) is 1.26. The highest BCUT2D eigenvalue weighted by Crippen LogP contribution is 2.16. The number of rotatable bonds is 4. The van der Waals surface area contributed by atoms with Crippen molar-refractivity contribution in [1.82, 2.24) is 0 Å². The molecule has 1 unspecified atom stereocenters. The monoisotopic (exact) mass is 266 g/mol.